The number of carbonyl (C=O) groups excluding carboxylic acids is 2. The Morgan fingerprint density at radius 3 is 2.54 bits per heavy atom. The molecule has 3 aromatic carbocycles. The fourth-order valence-electron chi connectivity index (χ4n) is 3.89. The molecule has 28 heavy (non-hydrogen) atoms. The zero-order valence-corrected chi connectivity index (χ0v) is 14.3. The topological polar surface area (TPSA) is 119 Å². The molecule has 0 bridgehead atoms. The predicted molar refractivity (Wildman–Crippen MR) is 96.5 cm³/mol. The van der Waals surface area contributed by atoms with Crippen LogP contribution < -0.4 is 10.5 Å². The van der Waals surface area contributed by atoms with Crippen LogP contribution >= 0.6 is 0 Å². The van der Waals surface area contributed by atoms with Crippen molar-refractivity contribution < 1.29 is 29.3 Å². The van der Waals surface area contributed by atoms with E-state index < -0.39 is 29.0 Å². The number of hydrogen-bond acceptors (Lipinski definition) is 6. The molecule has 0 fully saturated rings. The molecule has 138 valence electrons. The molecule has 0 saturated heterocycles. The van der Waals surface area contributed by atoms with Gasteiger partial charge in [0, 0.05) is 16.7 Å². The summed E-state index contributed by atoms with van der Waals surface area (Å²) in [6.45, 7) is 0. The van der Waals surface area contributed by atoms with Crippen molar-refractivity contribution in [2.45, 2.75) is 5.60 Å². The molecule has 1 atom stereocenters. The van der Waals surface area contributed by atoms with E-state index in [1.54, 1.807) is 24.3 Å². The number of esters is 1. The summed E-state index contributed by atoms with van der Waals surface area (Å²) in [5.74, 6) is -1.52. The van der Waals surface area contributed by atoms with E-state index in [-0.39, 0.29) is 22.4 Å². The van der Waals surface area contributed by atoms with Crippen molar-refractivity contribution in [3.05, 3.63) is 82.4 Å². The maximum absolute atomic E-state index is 12.7. The van der Waals surface area contributed by atoms with Crippen molar-refractivity contribution in [2.75, 3.05) is 0 Å². The number of hydrogen-bond donors (Lipinski definition) is 3. The summed E-state index contributed by atoms with van der Waals surface area (Å²) in [5.41, 5.74) is 5.12. The van der Waals surface area contributed by atoms with E-state index in [1.165, 1.54) is 30.3 Å². The van der Waals surface area contributed by atoms with Gasteiger partial charge in [0.2, 0.25) is 5.91 Å². The normalized spacial score (nSPS) is 18.6. The first-order chi connectivity index (χ1) is 13.4. The quantitative estimate of drug-likeness (QED) is 0.444. The molecule has 0 aliphatic carbocycles. The second-order valence-corrected chi connectivity index (χ2v) is 6.60. The zero-order valence-electron chi connectivity index (χ0n) is 14.3. The molecule has 1 amide bonds. The molecular formula is C21H13NO6. The highest BCUT2D eigenvalue weighted by molar-refractivity contribution is 6.00. The SMILES string of the molecule is NC(=O)c1ccc2c(c1)C1(OC2=O)c2ccccc2Oc2ccc(O)c(O)c21. The van der Waals surface area contributed by atoms with Gasteiger partial charge in [-0.25, -0.2) is 4.79 Å². The van der Waals surface area contributed by atoms with Crippen LogP contribution in [0.5, 0.6) is 23.0 Å². The second kappa shape index (κ2) is 5.26. The Morgan fingerprint density at radius 2 is 1.75 bits per heavy atom. The third-order valence-corrected chi connectivity index (χ3v) is 5.11. The Hall–Kier alpha value is -4.00. The molecule has 2 aliphatic heterocycles. The minimum Gasteiger partial charge on any atom is -0.504 e. The molecule has 3 aromatic rings. The van der Waals surface area contributed by atoms with Crippen LogP contribution in [0.3, 0.4) is 0 Å². The summed E-state index contributed by atoms with van der Waals surface area (Å²) in [6, 6.07) is 14.0. The third kappa shape index (κ3) is 1.87. The third-order valence-electron chi connectivity index (χ3n) is 5.11. The maximum atomic E-state index is 12.7. The Bertz CT molecular complexity index is 1200. The summed E-state index contributed by atoms with van der Waals surface area (Å²) in [4.78, 5) is 24.5. The van der Waals surface area contributed by atoms with Gasteiger partial charge in [-0.2, -0.15) is 0 Å². The number of rotatable bonds is 1. The number of para-hydroxylation sites is 1. The number of carbonyl (C=O) groups is 2. The number of phenolic OH excluding ortho intramolecular Hbond substituents is 2. The fourth-order valence-corrected chi connectivity index (χ4v) is 3.89. The Morgan fingerprint density at radius 1 is 0.964 bits per heavy atom. The van der Waals surface area contributed by atoms with E-state index in [2.05, 4.69) is 0 Å². The molecule has 5 rings (SSSR count). The first kappa shape index (κ1) is 16.2. The van der Waals surface area contributed by atoms with E-state index >= 15 is 0 Å². The van der Waals surface area contributed by atoms with Crippen molar-refractivity contribution in [3.8, 4) is 23.0 Å². The number of nitrogens with two attached hydrogens (primary N) is 1. The molecule has 7 heteroatoms. The summed E-state index contributed by atoms with van der Waals surface area (Å²) < 4.78 is 11.7. The number of ether oxygens (including phenoxy) is 2. The van der Waals surface area contributed by atoms with Crippen LogP contribution in [0.15, 0.2) is 54.6 Å². The molecule has 2 heterocycles. The number of phenols is 2. The lowest BCUT2D eigenvalue weighted by Crippen LogP contribution is -2.33. The van der Waals surface area contributed by atoms with E-state index in [4.69, 9.17) is 15.2 Å². The Balaban J connectivity index is 1.95. The lowest BCUT2D eigenvalue weighted by molar-refractivity contribution is 0.0216. The molecular weight excluding hydrogens is 362 g/mol. The van der Waals surface area contributed by atoms with Gasteiger partial charge in [0.15, 0.2) is 17.1 Å². The average Bonchev–Trinajstić information content (AvgIpc) is 2.97. The van der Waals surface area contributed by atoms with Gasteiger partial charge in [0.25, 0.3) is 0 Å². The summed E-state index contributed by atoms with van der Waals surface area (Å²) >= 11 is 0. The van der Waals surface area contributed by atoms with E-state index in [0.717, 1.165) is 0 Å². The highest BCUT2D eigenvalue weighted by Crippen LogP contribution is 2.59. The van der Waals surface area contributed by atoms with Crippen LogP contribution in [-0.4, -0.2) is 22.1 Å². The van der Waals surface area contributed by atoms with Crippen molar-refractivity contribution >= 4 is 11.9 Å². The van der Waals surface area contributed by atoms with Gasteiger partial charge in [0.1, 0.15) is 11.5 Å². The van der Waals surface area contributed by atoms with Crippen molar-refractivity contribution in [3.63, 3.8) is 0 Å². The monoisotopic (exact) mass is 375 g/mol. The van der Waals surface area contributed by atoms with Gasteiger partial charge < -0.3 is 25.4 Å². The number of primary amides is 1. The van der Waals surface area contributed by atoms with Gasteiger partial charge >= 0.3 is 5.97 Å². The lowest BCUT2D eigenvalue weighted by atomic mass is 9.76. The van der Waals surface area contributed by atoms with Gasteiger partial charge in [0.05, 0.1) is 11.1 Å². The van der Waals surface area contributed by atoms with Crippen molar-refractivity contribution in [1.82, 2.24) is 0 Å². The number of aromatic hydroxyl groups is 2. The van der Waals surface area contributed by atoms with E-state index in [9.17, 15) is 19.8 Å². The van der Waals surface area contributed by atoms with Crippen LogP contribution in [0.4, 0.5) is 0 Å². The largest absolute Gasteiger partial charge is 0.504 e. The number of fused-ring (bicyclic) bond motifs is 6. The fraction of sp³-hybridized carbons (Fsp3) is 0.0476. The molecule has 1 unspecified atom stereocenters. The minimum atomic E-state index is -1.59. The van der Waals surface area contributed by atoms with Crippen LogP contribution in [0.25, 0.3) is 0 Å². The Kier molecular flexibility index (Phi) is 3.04. The maximum Gasteiger partial charge on any atom is 0.340 e. The first-order valence-corrected chi connectivity index (χ1v) is 8.44. The molecule has 0 radical (unpaired) electrons. The average molecular weight is 375 g/mol. The minimum absolute atomic E-state index is 0.0833. The van der Waals surface area contributed by atoms with Gasteiger partial charge in [-0.15, -0.1) is 0 Å². The van der Waals surface area contributed by atoms with Crippen LogP contribution in [0, 0.1) is 0 Å². The van der Waals surface area contributed by atoms with Crippen molar-refractivity contribution in [1.29, 1.82) is 0 Å². The highest BCUT2D eigenvalue weighted by Gasteiger charge is 2.55. The Labute approximate surface area is 158 Å². The predicted octanol–water partition coefficient (Wildman–Crippen LogP) is 2.76. The second-order valence-electron chi connectivity index (χ2n) is 6.60. The first-order valence-electron chi connectivity index (χ1n) is 8.44. The lowest BCUT2D eigenvalue weighted by Gasteiger charge is -2.36. The van der Waals surface area contributed by atoms with Gasteiger partial charge in [-0.05, 0) is 36.4 Å². The van der Waals surface area contributed by atoms with E-state index in [0.29, 0.717) is 16.9 Å². The molecule has 1 spiro atoms. The summed E-state index contributed by atoms with van der Waals surface area (Å²) in [5, 5.41) is 20.8. The van der Waals surface area contributed by atoms with Crippen molar-refractivity contribution in [2.24, 2.45) is 5.73 Å². The van der Waals surface area contributed by atoms with Gasteiger partial charge in [-0.1, -0.05) is 18.2 Å². The van der Waals surface area contributed by atoms with Crippen LogP contribution in [-0.2, 0) is 10.3 Å². The number of amides is 1. The molecule has 0 aromatic heterocycles. The highest BCUT2D eigenvalue weighted by atomic mass is 16.6. The van der Waals surface area contributed by atoms with E-state index in [1.807, 2.05) is 0 Å². The summed E-state index contributed by atoms with van der Waals surface area (Å²) in [7, 11) is 0. The number of benzene rings is 3. The van der Waals surface area contributed by atoms with Crippen LogP contribution in [0.1, 0.15) is 37.4 Å². The van der Waals surface area contributed by atoms with Gasteiger partial charge in [-0.3, -0.25) is 4.79 Å². The molecule has 7 nitrogen and oxygen atoms in total. The molecule has 4 N–H and O–H groups in total. The zero-order chi connectivity index (χ0) is 19.6. The standard InChI is InChI=1S/C21H13NO6/c22-19(25)10-5-6-11-13(9-10)21(28-20(11)26)12-3-1-2-4-15(12)27-16-8-7-14(23)18(24)17(16)21/h1-9,23-24H,(H2,22,25). The summed E-state index contributed by atoms with van der Waals surface area (Å²) in [6.07, 6.45) is 0. The smallest absolute Gasteiger partial charge is 0.340 e. The van der Waals surface area contributed by atoms with Crippen LogP contribution in [0.2, 0.25) is 0 Å². The molecule has 2 aliphatic rings. The molecule has 0 saturated carbocycles.